The molecule has 1 rings (SSSR count). The predicted molar refractivity (Wildman–Crippen MR) is 34.1 cm³/mol. The molecule has 9 heavy (non-hydrogen) atoms. The molecule has 0 aliphatic heterocycles. The number of carbonyl (C=O) groups is 1. The highest BCUT2D eigenvalue weighted by atomic mass is 16.4. The van der Waals surface area contributed by atoms with Crippen molar-refractivity contribution in [3.8, 4) is 0 Å². The quantitative estimate of drug-likeness (QED) is 0.612. The van der Waals surface area contributed by atoms with E-state index in [-0.39, 0.29) is 5.41 Å². The van der Waals surface area contributed by atoms with Crippen LogP contribution in [0.5, 0.6) is 0 Å². The lowest BCUT2D eigenvalue weighted by Crippen LogP contribution is -2.12. The van der Waals surface area contributed by atoms with E-state index >= 15 is 0 Å². The summed E-state index contributed by atoms with van der Waals surface area (Å²) in [6.07, 6.45) is 1.88. The molecule has 1 fully saturated rings. The molecule has 0 heterocycles. The van der Waals surface area contributed by atoms with Crippen LogP contribution < -0.4 is 0 Å². The van der Waals surface area contributed by atoms with Gasteiger partial charge in [-0.25, -0.2) is 0 Å². The first-order chi connectivity index (χ1) is 4.11. The summed E-state index contributed by atoms with van der Waals surface area (Å²) in [5.74, 6) is -0.190. The lowest BCUT2D eigenvalue weighted by Gasteiger charge is -2.00. The predicted octanol–water partition coefficient (Wildman–Crippen LogP) is 1.51. The number of carboxylic acids is 1. The lowest BCUT2D eigenvalue weighted by atomic mass is 10.1. The number of rotatable bonds is 2. The number of aliphatic carboxylic acids is 1. The Labute approximate surface area is 54.9 Å². The standard InChI is InChI=1S/C7H12O2/c1-3-5-4-7(5,2)6(8)9/h5H,3-4H2,1-2H3,(H,8,9)/t5-,7-/m1/s1. The minimum absolute atomic E-state index is 0.366. The van der Waals surface area contributed by atoms with E-state index < -0.39 is 5.97 Å². The van der Waals surface area contributed by atoms with Crippen molar-refractivity contribution in [1.29, 1.82) is 0 Å². The summed E-state index contributed by atoms with van der Waals surface area (Å²) < 4.78 is 0. The Kier molecular flexibility index (Phi) is 1.26. The van der Waals surface area contributed by atoms with Gasteiger partial charge < -0.3 is 5.11 Å². The van der Waals surface area contributed by atoms with Gasteiger partial charge in [-0.05, 0) is 19.3 Å². The molecule has 52 valence electrons. The van der Waals surface area contributed by atoms with Crippen LogP contribution >= 0.6 is 0 Å². The van der Waals surface area contributed by atoms with E-state index in [1.54, 1.807) is 0 Å². The van der Waals surface area contributed by atoms with Gasteiger partial charge in [-0.15, -0.1) is 0 Å². The fraction of sp³-hybridized carbons (Fsp3) is 0.857. The Hall–Kier alpha value is -0.530. The third kappa shape index (κ3) is 0.824. The first-order valence-electron chi connectivity index (χ1n) is 3.34. The van der Waals surface area contributed by atoms with Gasteiger partial charge in [0, 0.05) is 0 Å². The highest BCUT2D eigenvalue weighted by molar-refractivity contribution is 5.77. The zero-order chi connectivity index (χ0) is 7.07. The molecule has 1 aliphatic rings. The molecule has 0 bridgehead atoms. The number of hydrogen-bond acceptors (Lipinski definition) is 1. The molecule has 0 amide bonds. The maximum Gasteiger partial charge on any atom is 0.309 e. The molecule has 0 unspecified atom stereocenters. The zero-order valence-electron chi connectivity index (χ0n) is 5.85. The Bertz CT molecular complexity index is 142. The molecule has 0 aromatic heterocycles. The maximum atomic E-state index is 10.5. The minimum Gasteiger partial charge on any atom is -0.481 e. The van der Waals surface area contributed by atoms with Gasteiger partial charge in [0.1, 0.15) is 0 Å². The van der Waals surface area contributed by atoms with Crippen molar-refractivity contribution in [3.05, 3.63) is 0 Å². The highest BCUT2D eigenvalue weighted by Crippen LogP contribution is 2.53. The van der Waals surface area contributed by atoms with Crippen LogP contribution in [-0.4, -0.2) is 11.1 Å². The first-order valence-corrected chi connectivity index (χ1v) is 3.34. The fourth-order valence-corrected chi connectivity index (χ4v) is 1.31. The summed E-state index contributed by atoms with van der Waals surface area (Å²) in [6, 6.07) is 0. The smallest absolute Gasteiger partial charge is 0.309 e. The topological polar surface area (TPSA) is 37.3 Å². The van der Waals surface area contributed by atoms with Crippen molar-refractivity contribution in [3.63, 3.8) is 0 Å². The van der Waals surface area contributed by atoms with Gasteiger partial charge in [0.25, 0.3) is 0 Å². The molecule has 0 saturated heterocycles. The number of carboxylic acid groups (broad SMARTS) is 1. The average Bonchev–Trinajstić information content (AvgIpc) is 2.44. The van der Waals surface area contributed by atoms with Gasteiger partial charge in [-0.3, -0.25) is 4.79 Å². The molecule has 0 aromatic rings. The summed E-state index contributed by atoms with van der Waals surface area (Å²) in [6.45, 7) is 3.86. The molecule has 0 radical (unpaired) electrons. The largest absolute Gasteiger partial charge is 0.481 e. The number of hydrogen-bond donors (Lipinski definition) is 1. The van der Waals surface area contributed by atoms with Crippen molar-refractivity contribution in [2.75, 3.05) is 0 Å². The Balaban J connectivity index is 2.52. The summed E-state index contributed by atoms with van der Waals surface area (Å²) in [4.78, 5) is 10.5. The Morgan fingerprint density at radius 1 is 1.89 bits per heavy atom. The van der Waals surface area contributed by atoms with Crippen LogP contribution in [0.2, 0.25) is 0 Å². The minimum atomic E-state index is -0.630. The van der Waals surface area contributed by atoms with Crippen LogP contribution in [0.15, 0.2) is 0 Å². The van der Waals surface area contributed by atoms with E-state index in [1.807, 2.05) is 13.8 Å². The second kappa shape index (κ2) is 1.72. The van der Waals surface area contributed by atoms with Gasteiger partial charge in [-0.1, -0.05) is 13.3 Å². The van der Waals surface area contributed by atoms with Crippen molar-refractivity contribution in [2.24, 2.45) is 11.3 Å². The summed E-state index contributed by atoms with van der Waals surface area (Å²) in [5, 5.41) is 8.61. The Morgan fingerprint density at radius 2 is 2.44 bits per heavy atom. The van der Waals surface area contributed by atoms with Crippen LogP contribution in [0.4, 0.5) is 0 Å². The molecule has 0 spiro atoms. The fourth-order valence-electron chi connectivity index (χ4n) is 1.31. The normalized spacial score (nSPS) is 40.4. The molecule has 2 heteroatoms. The monoisotopic (exact) mass is 128 g/mol. The molecular weight excluding hydrogens is 116 g/mol. The van der Waals surface area contributed by atoms with Crippen LogP contribution in [-0.2, 0) is 4.79 Å². The third-order valence-electron chi connectivity index (χ3n) is 2.39. The molecular formula is C7H12O2. The van der Waals surface area contributed by atoms with Gasteiger partial charge in [0.05, 0.1) is 5.41 Å². The molecule has 2 atom stereocenters. The van der Waals surface area contributed by atoms with Gasteiger partial charge in [0.15, 0.2) is 0 Å². The Morgan fingerprint density at radius 3 is 2.56 bits per heavy atom. The molecule has 1 aliphatic carbocycles. The van der Waals surface area contributed by atoms with Crippen LogP contribution in [0.25, 0.3) is 0 Å². The van der Waals surface area contributed by atoms with E-state index in [2.05, 4.69) is 0 Å². The van der Waals surface area contributed by atoms with Crippen molar-refractivity contribution >= 4 is 5.97 Å². The highest BCUT2D eigenvalue weighted by Gasteiger charge is 2.54. The molecule has 1 N–H and O–H groups in total. The van der Waals surface area contributed by atoms with E-state index in [4.69, 9.17) is 5.11 Å². The van der Waals surface area contributed by atoms with Crippen LogP contribution in [0.3, 0.4) is 0 Å². The SMILES string of the molecule is CC[C@@H]1C[C@@]1(C)C(=O)O. The third-order valence-corrected chi connectivity index (χ3v) is 2.39. The van der Waals surface area contributed by atoms with E-state index in [9.17, 15) is 4.79 Å². The van der Waals surface area contributed by atoms with E-state index in [1.165, 1.54) is 0 Å². The summed E-state index contributed by atoms with van der Waals surface area (Å²) in [5.41, 5.74) is -0.366. The first kappa shape index (κ1) is 6.59. The average molecular weight is 128 g/mol. The second-order valence-corrected chi connectivity index (χ2v) is 3.03. The van der Waals surface area contributed by atoms with Gasteiger partial charge in [-0.2, -0.15) is 0 Å². The zero-order valence-corrected chi connectivity index (χ0v) is 5.85. The molecule has 1 saturated carbocycles. The van der Waals surface area contributed by atoms with Crippen LogP contribution in [0, 0.1) is 11.3 Å². The maximum absolute atomic E-state index is 10.5. The molecule has 0 aromatic carbocycles. The van der Waals surface area contributed by atoms with Crippen molar-refractivity contribution < 1.29 is 9.90 Å². The summed E-state index contributed by atoms with van der Waals surface area (Å²) >= 11 is 0. The van der Waals surface area contributed by atoms with Crippen molar-refractivity contribution in [1.82, 2.24) is 0 Å². The van der Waals surface area contributed by atoms with Gasteiger partial charge in [0.2, 0.25) is 0 Å². The van der Waals surface area contributed by atoms with Gasteiger partial charge >= 0.3 is 5.97 Å². The lowest BCUT2D eigenvalue weighted by molar-refractivity contribution is -0.143. The second-order valence-electron chi connectivity index (χ2n) is 3.03. The van der Waals surface area contributed by atoms with E-state index in [0.717, 1.165) is 12.8 Å². The molecule has 2 nitrogen and oxygen atoms in total. The van der Waals surface area contributed by atoms with Crippen molar-refractivity contribution in [2.45, 2.75) is 26.7 Å². The van der Waals surface area contributed by atoms with Crippen LogP contribution in [0.1, 0.15) is 26.7 Å². The van der Waals surface area contributed by atoms with E-state index in [0.29, 0.717) is 5.92 Å². The summed E-state index contributed by atoms with van der Waals surface area (Å²) in [7, 11) is 0.